The maximum atomic E-state index is 9.80. The van der Waals surface area contributed by atoms with Crippen molar-refractivity contribution in [1.82, 2.24) is 4.98 Å². The summed E-state index contributed by atoms with van der Waals surface area (Å²) in [4.78, 5) is 4.28. The van der Waals surface area contributed by atoms with Crippen molar-refractivity contribution in [1.29, 1.82) is 0 Å². The predicted molar refractivity (Wildman–Crippen MR) is 49.2 cm³/mol. The van der Waals surface area contributed by atoms with E-state index in [0.717, 1.165) is 10.7 Å². The molecule has 1 heterocycles. The molecule has 2 rings (SSSR count). The normalized spacial score (nSPS) is 20.5. The van der Waals surface area contributed by atoms with E-state index in [1.54, 1.807) is 11.3 Å². The average molecular weight is 183 g/mol. The van der Waals surface area contributed by atoms with Crippen molar-refractivity contribution >= 4 is 11.3 Å². The Bertz CT molecular complexity index is 267. The van der Waals surface area contributed by atoms with E-state index in [1.165, 1.54) is 19.3 Å². The predicted octanol–water partition coefficient (Wildman–Crippen LogP) is 2.29. The van der Waals surface area contributed by atoms with Gasteiger partial charge in [-0.2, -0.15) is 0 Å². The van der Waals surface area contributed by atoms with Crippen LogP contribution in [0.2, 0.25) is 0 Å². The molecule has 0 aromatic carbocycles. The Morgan fingerprint density at radius 3 is 2.83 bits per heavy atom. The van der Waals surface area contributed by atoms with E-state index < -0.39 is 0 Å². The molecule has 1 fully saturated rings. The maximum Gasteiger partial charge on any atom is 0.122 e. The molecule has 3 heteroatoms. The topological polar surface area (TPSA) is 33.1 Å². The summed E-state index contributed by atoms with van der Waals surface area (Å²) in [6, 6.07) is 0. The number of aryl methyl sites for hydroxylation is 1. The number of hydrogen-bond acceptors (Lipinski definition) is 3. The van der Waals surface area contributed by atoms with Crippen molar-refractivity contribution in [2.24, 2.45) is 5.92 Å². The number of aliphatic hydroxyl groups is 1. The van der Waals surface area contributed by atoms with Gasteiger partial charge in [-0.25, -0.2) is 4.98 Å². The van der Waals surface area contributed by atoms with Crippen LogP contribution in [0.3, 0.4) is 0 Å². The molecule has 1 saturated carbocycles. The minimum absolute atomic E-state index is 0.294. The Kier molecular flexibility index (Phi) is 2.15. The van der Waals surface area contributed by atoms with Crippen LogP contribution < -0.4 is 0 Å². The molecule has 0 spiro atoms. The van der Waals surface area contributed by atoms with Crippen LogP contribution in [-0.2, 0) is 0 Å². The molecule has 66 valence electrons. The number of aliphatic hydroxyl groups excluding tert-OH is 1. The second-order valence-electron chi connectivity index (χ2n) is 3.46. The molecule has 1 aromatic rings. The Morgan fingerprint density at radius 2 is 2.42 bits per heavy atom. The van der Waals surface area contributed by atoms with Crippen LogP contribution in [0.5, 0.6) is 0 Å². The highest BCUT2D eigenvalue weighted by Gasteiger charge is 2.28. The molecule has 1 unspecified atom stereocenters. The van der Waals surface area contributed by atoms with Crippen LogP contribution in [0.1, 0.15) is 36.1 Å². The molecule has 1 N–H and O–H groups in total. The molecule has 12 heavy (non-hydrogen) atoms. The van der Waals surface area contributed by atoms with E-state index in [-0.39, 0.29) is 6.10 Å². The molecule has 1 atom stereocenters. The van der Waals surface area contributed by atoms with Crippen LogP contribution in [0.15, 0.2) is 5.38 Å². The first-order valence-corrected chi connectivity index (χ1v) is 5.25. The summed E-state index contributed by atoms with van der Waals surface area (Å²) < 4.78 is 0. The van der Waals surface area contributed by atoms with E-state index in [0.29, 0.717) is 5.92 Å². The lowest BCUT2D eigenvalue weighted by Crippen LogP contribution is -2.19. The third kappa shape index (κ3) is 1.39. The highest BCUT2D eigenvalue weighted by atomic mass is 32.1. The third-order valence-corrected chi connectivity index (χ3v) is 3.52. The standard InChI is InChI=1S/C9H13NOS/c1-6-5-12-9(10-6)8(11)7-3-2-4-7/h5,7-8,11H,2-4H2,1H3. The summed E-state index contributed by atoms with van der Waals surface area (Å²) in [5.41, 5.74) is 1.02. The lowest BCUT2D eigenvalue weighted by Gasteiger charge is -2.28. The number of hydrogen-bond donors (Lipinski definition) is 1. The second-order valence-corrected chi connectivity index (χ2v) is 4.35. The van der Waals surface area contributed by atoms with Gasteiger partial charge in [0.1, 0.15) is 11.1 Å². The largest absolute Gasteiger partial charge is 0.386 e. The first kappa shape index (κ1) is 8.20. The second kappa shape index (κ2) is 3.15. The zero-order chi connectivity index (χ0) is 8.55. The van der Waals surface area contributed by atoms with Crippen LogP contribution in [-0.4, -0.2) is 10.1 Å². The first-order chi connectivity index (χ1) is 5.77. The quantitative estimate of drug-likeness (QED) is 0.763. The van der Waals surface area contributed by atoms with Gasteiger partial charge in [0.05, 0.1) is 0 Å². The molecule has 0 amide bonds. The van der Waals surface area contributed by atoms with Gasteiger partial charge in [-0.1, -0.05) is 6.42 Å². The zero-order valence-corrected chi connectivity index (χ0v) is 7.97. The molecule has 0 saturated heterocycles. The number of thiazole rings is 1. The Labute approximate surface area is 76.3 Å². The zero-order valence-electron chi connectivity index (χ0n) is 7.16. The van der Waals surface area contributed by atoms with Crippen molar-refractivity contribution in [2.45, 2.75) is 32.3 Å². The highest BCUT2D eigenvalue weighted by Crippen LogP contribution is 2.38. The van der Waals surface area contributed by atoms with E-state index in [1.807, 2.05) is 12.3 Å². The number of nitrogens with zero attached hydrogens (tertiary/aromatic N) is 1. The van der Waals surface area contributed by atoms with Crippen LogP contribution in [0, 0.1) is 12.8 Å². The van der Waals surface area contributed by atoms with Gasteiger partial charge in [-0.3, -0.25) is 0 Å². The van der Waals surface area contributed by atoms with Crippen LogP contribution in [0.4, 0.5) is 0 Å². The number of rotatable bonds is 2. The molecule has 1 aliphatic rings. The van der Waals surface area contributed by atoms with Crippen LogP contribution in [0.25, 0.3) is 0 Å². The molecule has 2 nitrogen and oxygen atoms in total. The van der Waals surface area contributed by atoms with Crippen molar-refractivity contribution in [2.75, 3.05) is 0 Å². The fourth-order valence-electron chi connectivity index (χ4n) is 1.47. The number of aromatic nitrogens is 1. The lowest BCUT2D eigenvalue weighted by molar-refractivity contribution is 0.0618. The van der Waals surface area contributed by atoms with E-state index in [4.69, 9.17) is 0 Å². The van der Waals surface area contributed by atoms with Gasteiger partial charge in [-0.05, 0) is 25.7 Å². The third-order valence-electron chi connectivity index (χ3n) is 2.49. The van der Waals surface area contributed by atoms with E-state index in [2.05, 4.69) is 4.98 Å². The lowest BCUT2D eigenvalue weighted by atomic mass is 9.81. The van der Waals surface area contributed by atoms with Gasteiger partial charge in [0.25, 0.3) is 0 Å². The Balaban J connectivity index is 2.08. The summed E-state index contributed by atoms with van der Waals surface area (Å²) in [6.45, 7) is 1.97. The summed E-state index contributed by atoms with van der Waals surface area (Å²) in [5, 5.41) is 12.7. The van der Waals surface area contributed by atoms with Gasteiger partial charge < -0.3 is 5.11 Å². The fourth-order valence-corrected chi connectivity index (χ4v) is 2.34. The molecular formula is C9H13NOS. The first-order valence-electron chi connectivity index (χ1n) is 4.37. The van der Waals surface area contributed by atoms with Gasteiger partial charge in [-0.15, -0.1) is 11.3 Å². The summed E-state index contributed by atoms with van der Waals surface area (Å²) in [6.07, 6.45) is 3.31. The maximum absolute atomic E-state index is 9.80. The van der Waals surface area contributed by atoms with Gasteiger partial charge >= 0.3 is 0 Å². The van der Waals surface area contributed by atoms with E-state index in [9.17, 15) is 5.11 Å². The van der Waals surface area contributed by atoms with Crippen molar-refractivity contribution in [3.8, 4) is 0 Å². The van der Waals surface area contributed by atoms with Gasteiger partial charge in [0, 0.05) is 11.1 Å². The van der Waals surface area contributed by atoms with Crippen molar-refractivity contribution < 1.29 is 5.11 Å². The molecule has 0 radical (unpaired) electrons. The summed E-state index contributed by atoms with van der Waals surface area (Å²) >= 11 is 1.57. The Morgan fingerprint density at radius 1 is 1.67 bits per heavy atom. The summed E-state index contributed by atoms with van der Waals surface area (Å²) in [5.74, 6) is 0.482. The average Bonchev–Trinajstić information content (AvgIpc) is 2.31. The fraction of sp³-hybridized carbons (Fsp3) is 0.667. The minimum Gasteiger partial charge on any atom is -0.386 e. The molecule has 0 bridgehead atoms. The van der Waals surface area contributed by atoms with Crippen molar-refractivity contribution in [3.63, 3.8) is 0 Å². The van der Waals surface area contributed by atoms with E-state index >= 15 is 0 Å². The molecule has 0 aliphatic heterocycles. The summed E-state index contributed by atoms with van der Waals surface area (Å²) in [7, 11) is 0. The highest BCUT2D eigenvalue weighted by molar-refractivity contribution is 7.09. The monoisotopic (exact) mass is 183 g/mol. The van der Waals surface area contributed by atoms with Gasteiger partial charge in [0.15, 0.2) is 0 Å². The minimum atomic E-state index is -0.294. The van der Waals surface area contributed by atoms with Crippen molar-refractivity contribution in [3.05, 3.63) is 16.1 Å². The molecule has 1 aliphatic carbocycles. The molecular weight excluding hydrogens is 170 g/mol. The molecule has 1 aromatic heterocycles. The van der Waals surface area contributed by atoms with Gasteiger partial charge in [0.2, 0.25) is 0 Å². The SMILES string of the molecule is Cc1csc(C(O)C2CCC2)n1. The van der Waals surface area contributed by atoms with Crippen LogP contribution >= 0.6 is 11.3 Å². The smallest absolute Gasteiger partial charge is 0.122 e. The Hall–Kier alpha value is -0.410.